The van der Waals surface area contributed by atoms with Crippen LogP contribution in [0.15, 0.2) is 12.3 Å². The van der Waals surface area contributed by atoms with Crippen LogP contribution in [-0.2, 0) is 4.74 Å². The van der Waals surface area contributed by atoms with Crippen LogP contribution < -0.4 is 9.80 Å². The van der Waals surface area contributed by atoms with Gasteiger partial charge in [-0.3, -0.25) is 0 Å². The van der Waals surface area contributed by atoms with Gasteiger partial charge in [-0.25, -0.2) is 4.98 Å². The molecule has 3 heterocycles. The molecular formula is C18H31N5O. The third-order valence-corrected chi connectivity index (χ3v) is 5.23. The van der Waals surface area contributed by atoms with Crippen molar-refractivity contribution in [1.82, 2.24) is 14.9 Å². The molecule has 0 saturated carbocycles. The van der Waals surface area contributed by atoms with Gasteiger partial charge in [0, 0.05) is 59.6 Å². The minimum absolute atomic E-state index is 0.456. The van der Waals surface area contributed by atoms with Crippen molar-refractivity contribution in [3.63, 3.8) is 0 Å². The lowest BCUT2D eigenvalue weighted by Crippen LogP contribution is -2.46. The lowest BCUT2D eigenvalue weighted by atomic mass is 10.0. The Bertz CT molecular complexity index is 510. The minimum atomic E-state index is 0.456. The topological polar surface area (TPSA) is 44.7 Å². The minimum Gasteiger partial charge on any atom is -0.377 e. The summed E-state index contributed by atoms with van der Waals surface area (Å²) in [5.41, 5.74) is 0. The smallest absolute Gasteiger partial charge is 0.226 e. The van der Waals surface area contributed by atoms with Crippen LogP contribution in [0.4, 0.5) is 11.8 Å². The van der Waals surface area contributed by atoms with E-state index in [-0.39, 0.29) is 0 Å². The number of hydrogen-bond donors (Lipinski definition) is 0. The third-order valence-electron chi connectivity index (χ3n) is 5.23. The molecule has 1 atom stereocenters. The molecule has 6 heteroatoms. The molecule has 0 spiro atoms. The SMILES string of the molecule is CN(C)c1nccc(N(C)C2CCN(CC3CCCCO3)CC2)n1. The summed E-state index contributed by atoms with van der Waals surface area (Å²) < 4.78 is 5.89. The lowest BCUT2D eigenvalue weighted by Gasteiger charge is -2.39. The first kappa shape index (κ1) is 17.4. The van der Waals surface area contributed by atoms with Crippen LogP contribution in [-0.4, -0.2) is 74.4 Å². The van der Waals surface area contributed by atoms with Gasteiger partial charge in [-0.05, 0) is 38.2 Å². The van der Waals surface area contributed by atoms with Gasteiger partial charge in [-0.15, -0.1) is 0 Å². The summed E-state index contributed by atoms with van der Waals surface area (Å²) in [5, 5.41) is 0. The molecule has 3 rings (SSSR count). The van der Waals surface area contributed by atoms with Crippen molar-refractivity contribution in [1.29, 1.82) is 0 Å². The fourth-order valence-electron chi connectivity index (χ4n) is 3.67. The van der Waals surface area contributed by atoms with Crippen molar-refractivity contribution < 1.29 is 4.74 Å². The van der Waals surface area contributed by atoms with Gasteiger partial charge in [0.25, 0.3) is 0 Å². The summed E-state index contributed by atoms with van der Waals surface area (Å²) in [7, 11) is 6.11. The Morgan fingerprint density at radius 1 is 1.17 bits per heavy atom. The number of rotatable bonds is 5. The fourth-order valence-corrected chi connectivity index (χ4v) is 3.67. The maximum Gasteiger partial charge on any atom is 0.226 e. The number of ether oxygens (including phenoxy) is 1. The number of likely N-dealkylation sites (tertiary alicyclic amines) is 1. The number of nitrogens with zero attached hydrogens (tertiary/aromatic N) is 5. The zero-order chi connectivity index (χ0) is 16.9. The molecule has 134 valence electrons. The van der Waals surface area contributed by atoms with Crippen LogP contribution in [0.2, 0.25) is 0 Å². The molecule has 6 nitrogen and oxygen atoms in total. The van der Waals surface area contributed by atoms with Gasteiger partial charge in [-0.1, -0.05) is 0 Å². The second-order valence-electron chi connectivity index (χ2n) is 7.24. The van der Waals surface area contributed by atoms with E-state index in [0.29, 0.717) is 12.1 Å². The van der Waals surface area contributed by atoms with Gasteiger partial charge >= 0.3 is 0 Å². The average molecular weight is 333 g/mol. The van der Waals surface area contributed by atoms with Crippen LogP contribution in [0.3, 0.4) is 0 Å². The van der Waals surface area contributed by atoms with Crippen molar-refractivity contribution in [2.75, 3.05) is 57.2 Å². The molecular weight excluding hydrogens is 302 g/mol. The molecule has 0 bridgehead atoms. The van der Waals surface area contributed by atoms with Gasteiger partial charge in [0.2, 0.25) is 5.95 Å². The zero-order valence-corrected chi connectivity index (χ0v) is 15.3. The second kappa shape index (κ2) is 8.12. The molecule has 1 aromatic rings. The van der Waals surface area contributed by atoms with Gasteiger partial charge < -0.3 is 19.4 Å². The van der Waals surface area contributed by atoms with E-state index in [0.717, 1.165) is 38.0 Å². The van der Waals surface area contributed by atoms with Crippen LogP contribution in [0.25, 0.3) is 0 Å². The Morgan fingerprint density at radius 3 is 2.62 bits per heavy atom. The largest absolute Gasteiger partial charge is 0.377 e. The van der Waals surface area contributed by atoms with Gasteiger partial charge in [0.05, 0.1) is 6.10 Å². The highest BCUT2D eigenvalue weighted by atomic mass is 16.5. The maximum atomic E-state index is 5.89. The molecule has 2 aliphatic rings. The summed E-state index contributed by atoms with van der Waals surface area (Å²) in [4.78, 5) is 15.8. The van der Waals surface area contributed by atoms with Crippen LogP contribution in [0.1, 0.15) is 32.1 Å². The molecule has 2 aliphatic heterocycles. The molecule has 0 aliphatic carbocycles. The number of piperidine rings is 1. The summed E-state index contributed by atoms with van der Waals surface area (Å²) in [6.45, 7) is 4.36. The Labute approximate surface area is 145 Å². The van der Waals surface area contributed by atoms with Gasteiger partial charge in [0.1, 0.15) is 5.82 Å². The predicted molar refractivity (Wildman–Crippen MR) is 97.8 cm³/mol. The van der Waals surface area contributed by atoms with E-state index in [1.807, 2.05) is 31.3 Å². The van der Waals surface area contributed by atoms with E-state index in [1.54, 1.807) is 0 Å². The summed E-state index contributed by atoms with van der Waals surface area (Å²) in [6, 6.07) is 2.56. The Balaban J connectivity index is 1.51. The summed E-state index contributed by atoms with van der Waals surface area (Å²) in [6.07, 6.45) is 8.47. The van der Waals surface area contributed by atoms with E-state index < -0.39 is 0 Å². The second-order valence-corrected chi connectivity index (χ2v) is 7.24. The van der Waals surface area contributed by atoms with Crippen molar-refractivity contribution >= 4 is 11.8 Å². The van der Waals surface area contributed by atoms with Crippen molar-refractivity contribution in [3.8, 4) is 0 Å². The quantitative estimate of drug-likeness (QED) is 0.821. The average Bonchev–Trinajstić information content (AvgIpc) is 2.63. The number of aromatic nitrogens is 2. The van der Waals surface area contributed by atoms with Crippen molar-refractivity contribution in [3.05, 3.63) is 12.3 Å². The highest BCUT2D eigenvalue weighted by Gasteiger charge is 2.26. The molecule has 24 heavy (non-hydrogen) atoms. The Hall–Kier alpha value is -1.40. The normalized spacial score (nSPS) is 23.2. The van der Waals surface area contributed by atoms with Crippen molar-refractivity contribution in [2.45, 2.75) is 44.2 Å². The molecule has 2 saturated heterocycles. The van der Waals surface area contributed by atoms with Gasteiger partial charge in [0.15, 0.2) is 0 Å². The monoisotopic (exact) mass is 333 g/mol. The summed E-state index contributed by atoms with van der Waals surface area (Å²) >= 11 is 0. The zero-order valence-electron chi connectivity index (χ0n) is 15.3. The standard InChI is InChI=1S/C18H31N5O/c1-21(2)18-19-10-7-17(20-18)22(3)15-8-11-23(12-9-15)14-16-6-4-5-13-24-16/h7,10,15-16H,4-6,8-9,11-14H2,1-3H3. The number of anilines is 2. The third kappa shape index (κ3) is 4.36. The predicted octanol–water partition coefficient (Wildman–Crippen LogP) is 2.01. The number of hydrogen-bond acceptors (Lipinski definition) is 6. The molecule has 0 radical (unpaired) electrons. The molecule has 2 fully saturated rings. The van der Waals surface area contributed by atoms with Crippen LogP contribution >= 0.6 is 0 Å². The molecule has 0 aromatic carbocycles. The van der Waals surface area contributed by atoms with E-state index >= 15 is 0 Å². The van der Waals surface area contributed by atoms with E-state index in [1.165, 1.54) is 32.1 Å². The van der Waals surface area contributed by atoms with Crippen LogP contribution in [0, 0.1) is 0 Å². The highest BCUT2D eigenvalue weighted by Crippen LogP contribution is 2.23. The summed E-state index contributed by atoms with van der Waals surface area (Å²) in [5.74, 6) is 1.79. The first-order valence-electron chi connectivity index (χ1n) is 9.20. The van der Waals surface area contributed by atoms with E-state index in [4.69, 9.17) is 4.74 Å². The molecule has 0 N–H and O–H groups in total. The molecule has 1 aromatic heterocycles. The van der Waals surface area contributed by atoms with Gasteiger partial charge in [-0.2, -0.15) is 4.98 Å². The Kier molecular flexibility index (Phi) is 5.89. The van der Waals surface area contributed by atoms with Crippen LogP contribution in [0.5, 0.6) is 0 Å². The van der Waals surface area contributed by atoms with Crippen molar-refractivity contribution in [2.24, 2.45) is 0 Å². The Morgan fingerprint density at radius 2 is 1.96 bits per heavy atom. The maximum absolute atomic E-state index is 5.89. The lowest BCUT2D eigenvalue weighted by molar-refractivity contribution is -0.00943. The highest BCUT2D eigenvalue weighted by molar-refractivity contribution is 5.43. The molecule has 1 unspecified atom stereocenters. The van der Waals surface area contributed by atoms with E-state index in [9.17, 15) is 0 Å². The first-order chi connectivity index (χ1) is 11.6. The van der Waals surface area contributed by atoms with E-state index in [2.05, 4.69) is 26.8 Å². The fraction of sp³-hybridized carbons (Fsp3) is 0.778. The first-order valence-corrected chi connectivity index (χ1v) is 9.20. The molecule has 0 amide bonds.